The molecule has 4 rings (SSSR count). The number of hydrogen-bond acceptors (Lipinski definition) is 4. The highest BCUT2D eigenvalue weighted by molar-refractivity contribution is 7.92. The second kappa shape index (κ2) is 14.5. The maximum Gasteiger partial charge on any atom is 0.264 e. The lowest BCUT2D eigenvalue weighted by atomic mass is 10.0. The summed E-state index contributed by atoms with van der Waals surface area (Å²) in [6, 6.07) is 28.4. The molecule has 4 aromatic carbocycles. The highest BCUT2D eigenvalue weighted by atomic mass is 35.5. The molecule has 1 atom stereocenters. The van der Waals surface area contributed by atoms with Gasteiger partial charge in [0.2, 0.25) is 11.8 Å². The van der Waals surface area contributed by atoms with Crippen LogP contribution in [-0.2, 0) is 32.6 Å². The molecule has 0 unspecified atom stereocenters. The fraction of sp³-hybridized carbons (Fsp3) is 0.257. The molecule has 45 heavy (non-hydrogen) atoms. The molecule has 0 aliphatic carbocycles. The Labute approximate surface area is 275 Å². The van der Waals surface area contributed by atoms with Gasteiger partial charge in [0.15, 0.2) is 0 Å². The normalized spacial score (nSPS) is 12.3. The highest BCUT2D eigenvalue weighted by Gasteiger charge is 2.35. The second-order valence-electron chi connectivity index (χ2n) is 11.9. The molecule has 0 saturated heterocycles. The smallest absolute Gasteiger partial charge is 0.264 e. The number of nitrogens with one attached hydrogen (secondary N) is 1. The third kappa shape index (κ3) is 9.10. The quantitative estimate of drug-likeness (QED) is 0.186. The number of hydrogen-bond donors (Lipinski definition) is 1. The van der Waals surface area contributed by atoms with E-state index in [2.05, 4.69) is 5.32 Å². The minimum atomic E-state index is -4.24. The fourth-order valence-corrected chi connectivity index (χ4v) is 6.62. The van der Waals surface area contributed by atoms with Crippen molar-refractivity contribution in [3.63, 3.8) is 0 Å². The van der Waals surface area contributed by atoms with E-state index < -0.39 is 34.1 Å². The molecule has 0 radical (unpaired) electrons. The van der Waals surface area contributed by atoms with Crippen molar-refractivity contribution in [3.05, 3.63) is 130 Å². The molecule has 0 spiro atoms. The summed E-state index contributed by atoms with van der Waals surface area (Å²) in [6.07, 6.45) is 0.221. The first-order chi connectivity index (χ1) is 21.2. The number of rotatable bonds is 11. The van der Waals surface area contributed by atoms with Crippen molar-refractivity contribution >= 4 is 50.7 Å². The fourth-order valence-electron chi connectivity index (χ4n) is 4.90. The molecule has 0 heterocycles. The average molecular weight is 667 g/mol. The van der Waals surface area contributed by atoms with Gasteiger partial charge < -0.3 is 10.2 Å². The predicted octanol–water partition coefficient (Wildman–Crippen LogP) is 7.05. The lowest BCUT2D eigenvalue weighted by Crippen LogP contribution is -2.56. The van der Waals surface area contributed by atoms with Crippen LogP contribution in [0.25, 0.3) is 0 Å². The molecule has 1 N–H and O–H groups in total. The molecular weight excluding hydrogens is 629 g/mol. The molecule has 0 saturated carbocycles. The summed E-state index contributed by atoms with van der Waals surface area (Å²) in [5.41, 5.74) is 2.23. The van der Waals surface area contributed by atoms with E-state index in [-0.39, 0.29) is 39.5 Å². The summed E-state index contributed by atoms with van der Waals surface area (Å²) in [6.45, 7) is 7.05. The van der Waals surface area contributed by atoms with Crippen molar-refractivity contribution in [2.24, 2.45) is 0 Å². The van der Waals surface area contributed by atoms with Gasteiger partial charge in [0.05, 0.1) is 20.6 Å². The Balaban J connectivity index is 1.83. The third-order valence-corrected chi connectivity index (χ3v) is 9.53. The van der Waals surface area contributed by atoms with Crippen LogP contribution < -0.4 is 9.62 Å². The Morgan fingerprint density at radius 2 is 1.42 bits per heavy atom. The molecule has 0 aromatic heterocycles. The molecule has 0 bridgehead atoms. The molecule has 4 aromatic rings. The number of anilines is 1. The van der Waals surface area contributed by atoms with Crippen LogP contribution in [0.3, 0.4) is 0 Å². The van der Waals surface area contributed by atoms with Crippen molar-refractivity contribution in [1.29, 1.82) is 0 Å². The summed E-state index contributed by atoms with van der Waals surface area (Å²) < 4.78 is 29.2. The minimum Gasteiger partial charge on any atom is -0.350 e. The first kappa shape index (κ1) is 34.0. The van der Waals surface area contributed by atoms with E-state index in [9.17, 15) is 18.0 Å². The lowest BCUT2D eigenvalue weighted by molar-refractivity contribution is -0.140. The number of benzene rings is 4. The average Bonchev–Trinajstić information content (AvgIpc) is 2.99. The molecular formula is C35H37Cl2N3O4S. The number of carbonyl (C=O) groups excluding carboxylic acids is 2. The second-order valence-corrected chi connectivity index (χ2v) is 14.6. The number of carbonyl (C=O) groups is 2. The first-order valence-corrected chi connectivity index (χ1v) is 16.7. The van der Waals surface area contributed by atoms with Crippen LogP contribution in [-0.4, -0.2) is 43.3 Å². The van der Waals surface area contributed by atoms with E-state index in [1.807, 2.05) is 82.3 Å². The van der Waals surface area contributed by atoms with Gasteiger partial charge in [0, 0.05) is 18.5 Å². The van der Waals surface area contributed by atoms with Crippen LogP contribution >= 0.6 is 23.2 Å². The van der Waals surface area contributed by atoms with Gasteiger partial charge in [-0.1, -0.05) is 102 Å². The van der Waals surface area contributed by atoms with Crippen LogP contribution in [0.1, 0.15) is 37.5 Å². The summed E-state index contributed by atoms with van der Waals surface area (Å²) in [5, 5.41) is 3.41. The van der Waals surface area contributed by atoms with Gasteiger partial charge >= 0.3 is 0 Å². The van der Waals surface area contributed by atoms with Gasteiger partial charge in [0.1, 0.15) is 12.6 Å². The maximum atomic E-state index is 14.5. The summed E-state index contributed by atoms with van der Waals surface area (Å²) in [5.74, 6) is -0.911. The number of amides is 2. The maximum absolute atomic E-state index is 14.5. The Kier molecular flexibility index (Phi) is 11.0. The number of nitrogens with zero attached hydrogens (tertiary/aromatic N) is 2. The van der Waals surface area contributed by atoms with Crippen molar-refractivity contribution < 1.29 is 18.0 Å². The van der Waals surface area contributed by atoms with Crippen LogP contribution in [0.5, 0.6) is 0 Å². The topological polar surface area (TPSA) is 86.8 Å². The molecule has 7 nitrogen and oxygen atoms in total. The molecule has 2 amide bonds. The van der Waals surface area contributed by atoms with Crippen LogP contribution in [0.2, 0.25) is 10.0 Å². The molecule has 0 aliphatic heterocycles. The van der Waals surface area contributed by atoms with Gasteiger partial charge in [-0.2, -0.15) is 0 Å². The Morgan fingerprint density at radius 3 is 2.02 bits per heavy atom. The largest absolute Gasteiger partial charge is 0.350 e. The Bertz CT molecular complexity index is 1740. The van der Waals surface area contributed by atoms with E-state index in [1.165, 1.54) is 35.2 Å². The lowest BCUT2D eigenvalue weighted by Gasteiger charge is -2.35. The zero-order chi connectivity index (χ0) is 32.8. The van der Waals surface area contributed by atoms with Crippen LogP contribution in [0.4, 0.5) is 5.69 Å². The highest BCUT2D eigenvalue weighted by Crippen LogP contribution is 2.31. The summed E-state index contributed by atoms with van der Waals surface area (Å²) >= 11 is 12.5. The van der Waals surface area contributed by atoms with E-state index in [4.69, 9.17) is 23.2 Å². The molecule has 10 heteroatoms. The summed E-state index contributed by atoms with van der Waals surface area (Å²) in [7, 11) is -4.24. The van der Waals surface area contributed by atoms with E-state index in [0.29, 0.717) is 0 Å². The van der Waals surface area contributed by atoms with Crippen LogP contribution in [0, 0.1) is 6.92 Å². The standard InChI is InChI=1S/C35H37Cl2N3O4S/c1-25-12-11-15-27(20-25)23-39(32(34(42)38-35(2,3)4)21-26-13-7-5-8-14-26)33(41)24-40(28-18-19-30(36)31(37)22-28)45(43,44)29-16-9-6-10-17-29/h5-20,22,32H,21,23-24H2,1-4H3,(H,38,42)/t32-/m0/s1. The zero-order valence-corrected chi connectivity index (χ0v) is 28.0. The number of halogens is 2. The van der Waals surface area contributed by atoms with Crippen molar-refractivity contribution in [1.82, 2.24) is 10.2 Å². The van der Waals surface area contributed by atoms with Crippen molar-refractivity contribution in [2.45, 2.75) is 57.1 Å². The van der Waals surface area contributed by atoms with E-state index in [1.54, 1.807) is 18.2 Å². The van der Waals surface area contributed by atoms with E-state index >= 15 is 0 Å². The van der Waals surface area contributed by atoms with Crippen LogP contribution in [0.15, 0.2) is 108 Å². The van der Waals surface area contributed by atoms with Gasteiger partial charge in [0.25, 0.3) is 10.0 Å². The van der Waals surface area contributed by atoms with Gasteiger partial charge in [-0.15, -0.1) is 0 Å². The van der Waals surface area contributed by atoms with Gasteiger partial charge in [-0.25, -0.2) is 8.42 Å². The van der Waals surface area contributed by atoms with Gasteiger partial charge in [-0.05, 0) is 69.2 Å². The monoisotopic (exact) mass is 665 g/mol. The first-order valence-electron chi connectivity index (χ1n) is 14.5. The third-order valence-electron chi connectivity index (χ3n) is 7.01. The molecule has 0 aliphatic rings. The van der Waals surface area contributed by atoms with Crippen molar-refractivity contribution in [2.75, 3.05) is 10.8 Å². The molecule has 236 valence electrons. The van der Waals surface area contributed by atoms with Crippen molar-refractivity contribution in [3.8, 4) is 0 Å². The molecule has 0 fully saturated rings. The number of sulfonamides is 1. The van der Waals surface area contributed by atoms with Gasteiger partial charge in [-0.3, -0.25) is 13.9 Å². The van der Waals surface area contributed by atoms with E-state index in [0.717, 1.165) is 21.0 Å². The SMILES string of the molecule is Cc1cccc(CN(C(=O)CN(c2ccc(Cl)c(Cl)c2)S(=O)(=O)c2ccccc2)[C@@H](Cc2ccccc2)C(=O)NC(C)(C)C)c1. The number of aryl methyl sites for hydroxylation is 1. The predicted molar refractivity (Wildman–Crippen MR) is 181 cm³/mol. The minimum absolute atomic E-state index is 0.000387. The zero-order valence-electron chi connectivity index (χ0n) is 25.7. The Hall–Kier alpha value is -3.85. The Morgan fingerprint density at radius 1 is 0.800 bits per heavy atom. The summed E-state index contributed by atoms with van der Waals surface area (Å²) in [4.78, 5) is 29.9.